The zero-order valence-corrected chi connectivity index (χ0v) is 17.9. The molecule has 2 aromatic rings. The van der Waals surface area contributed by atoms with Gasteiger partial charge in [0.15, 0.2) is 0 Å². The lowest BCUT2D eigenvalue weighted by atomic mass is 9.90. The fourth-order valence-corrected chi connectivity index (χ4v) is 3.50. The second kappa shape index (κ2) is 9.30. The molecule has 0 unspecified atom stereocenters. The van der Waals surface area contributed by atoms with Crippen molar-refractivity contribution in [1.29, 1.82) is 0 Å². The first kappa shape index (κ1) is 22.5. The normalized spacial score (nSPS) is 12.4. The molecule has 3 amide bonds. The van der Waals surface area contributed by atoms with E-state index < -0.39 is 11.9 Å². The van der Waals surface area contributed by atoms with Crippen molar-refractivity contribution in [2.45, 2.75) is 13.3 Å². The molecule has 164 valence electrons. The van der Waals surface area contributed by atoms with Gasteiger partial charge in [-0.25, -0.2) is 4.79 Å². The third-order valence-electron chi connectivity index (χ3n) is 5.04. The van der Waals surface area contributed by atoms with E-state index in [-0.39, 0.29) is 29.8 Å². The molecule has 8 heteroatoms. The number of benzene rings is 2. The summed E-state index contributed by atoms with van der Waals surface area (Å²) in [4.78, 5) is 49.5. The van der Waals surface area contributed by atoms with Gasteiger partial charge in [0.2, 0.25) is 5.91 Å². The van der Waals surface area contributed by atoms with Crippen LogP contribution >= 0.6 is 0 Å². The second-order valence-corrected chi connectivity index (χ2v) is 7.17. The third kappa shape index (κ3) is 4.59. The number of amides is 3. The maximum Gasteiger partial charge on any atom is 0.353 e. The zero-order valence-electron chi connectivity index (χ0n) is 17.9. The van der Waals surface area contributed by atoms with Gasteiger partial charge in [0.1, 0.15) is 11.4 Å². The first-order valence-corrected chi connectivity index (χ1v) is 9.82. The minimum Gasteiger partial charge on any atom is -0.464 e. The smallest absolute Gasteiger partial charge is 0.353 e. The predicted octanol–water partition coefficient (Wildman–Crippen LogP) is 2.63. The van der Waals surface area contributed by atoms with E-state index in [1.165, 1.54) is 18.9 Å². The zero-order chi connectivity index (χ0) is 23.4. The second-order valence-electron chi connectivity index (χ2n) is 7.17. The molecule has 0 saturated carbocycles. The lowest BCUT2D eigenvalue weighted by molar-refractivity contribution is -0.137. The summed E-state index contributed by atoms with van der Waals surface area (Å²) in [5.41, 5.74) is 3.50. The van der Waals surface area contributed by atoms with Crippen LogP contribution in [0.15, 0.2) is 67.0 Å². The quantitative estimate of drug-likeness (QED) is 0.538. The van der Waals surface area contributed by atoms with Gasteiger partial charge in [-0.1, -0.05) is 37.4 Å². The Morgan fingerprint density at radius 3 is 2.31 bits per heavy atom. The summed E-state index contributed by atoms with van der Waals surface area (Å²) in [6.45, 7) is 8.86. The minimum atomic E-state index is -0.782. The van der Waals surface area contributed by atoms with E-state index in [0.717, 1.165) is 16.7 Å². The Kier molecular flexibility index (Phi) is 6.53. The van der Waals surface area contributed by atoms with Crippen LogP contribution in [0.3, 0.4) is 0 Å². The summed E-state index contributed by atoms with van der Waals surface area (Å²) in [6.07, 6.45) is 0.509. The Labute approximate surface area is 185 Å². The number of rotatable bonds is 6. The molecule has 0 saturated heterocycles. The molecule has 1 aliphatic rings. The summed E-state index contributed by atoms with van der Waals surface area (Å²) in [7, 11) is 1.17. The first-order valence-electron chi connectivity index (χ1n) is 9.82. The van der Waals surface area contributed by atoms with E-state index in [1.807, 2.05) is 18.2 Å². The van der Waals surface area contributed by atoms with Crippen LogP contribution in [-0.2, 0) is 25.5 Å². The summed E-state index contributed by atoms with van der Waals surface area (Å²) in [5.74, 6) is -2.00. The molecule has 2 N–H and O–H groups in total. The number of carbonyl (C=O) groups excluding carboxylic acids is 4. The van der Waals surface area contributed by atoms with Gasteiger partial charge < -0.3 is 20.3 Å². The molecule has 0 aromatic heterocycles. The number of anilines is 1. The molecule has 2 aromatic carbocycles. The van der Waals surface area contributed by atoms with Crippen LogP contribution in [0.25, 0.3) is 11.1 Å². The van der Waals surface area contributed by atoms with E-state index in [2.05, 4.69) is 28.5 Å². The van der Waals surface area contributed by atoms with Crippen molar-refractivity contribution in [2.24, 2.45) is 0 Å². The molecule has 32 heavy (non-hydrogen) atoms. The number of nitrogens with zero attached hydrogens (tertiary/aromatic N) is 1. The van der Waals surface area contributed by atoms with Crippen LogP contribution in [0.4, 0.5) is 5.69 Å². The summed E-state index contributed by atoms with van der Waals surface area (Å²) >= 11 is 0. The van der Waals surface area contributed by atoms with Gasteiger partial charge in [-0.05, 0) is 41.3 Å². The lowest BCUT2D eigenvalue weighted by Crippen LogP contribution is -2.42. The number of hydrogen-bond donors (Lipinski definition) is 2. The molecule has 3 rings (SSSR count). The van der Waals surface area contributed by atoms with Crippen LogP contribution in [-0.4, -0.2) is 42.2 Å². The Hall–Kier alpha value is -4.20. The molecule has 0 fully saturated rings. The van der Waals surface area contributed by atoms with Crippen molar-refractivity contribution in [2.75, 3.05) is 19.0 Å². The molecule has 0 atom stereocenters. The third-order valence-corrected chi connectivity index (χ3v) is 5.04. The Morgan fingerprint density at radius 2 is 1.69 bits per heavy atom. The number of methoxy groups -OCH3 is 1. The largest absolute Gasteiger partial charge is 0.464 e. The van der Waals surface area contributed by atoms with E-state index in [9.17, 15) is 19.2 Å². The van der Waals surface area contributed by atoms with E-state index >= 15 is 0 Å². The predicted molar refractivity (Wildman–Crippen MR) is 119 cm³/mol. The maximum absolute atomic E-state index is 13.1. The highest BCUT2D eigenvalue weighted by molar-refractivity contribution is 6.06. The van der Waals surface area contributed by atoms with Crippen LogP contribution < -0.4 is 10.6 Å². The summed E-state index contributed by atoms with van der Waals surface area (Å²) in [6, 6.07) is 12.8. The van der Waals surface area contributed by atoms with Gasteiger partial charge in [-0.2, -0.15) is 0 Å². The van der Waals surface area contributed by atoms with Crippen molar-refractivity contribution in [3.05, 3.63) is 78.1 Å². The number of hydrogen-bond acceptors (Lipinski definition) is 5. The van der Waals surface area contributed by atoms with Crippen molar-refractivity contribution in [3.63, 3.8) is 0 Å². The number of esters is 1. The van der Waals surface area contributed by atoms with Gasteiger partial charge in [-0.15, -0.1) is 0 Å². The molecular formula is C24H23N3O5. The van der Waals surface area contributed by atoms with Gasteiger partial charge in [-0.3, -0.25) is 14.4 Å². The number of fused-ring (bicyclic) bond motifs is 1. The number of nitrogens with one attached hydrogen (secondary N) is 2. The highest BCUT2D eigenvalue weighted by Gasteiger charge is 2.30. The van der Waals surface area contributed by atoms with Gasteiger partial charge in [0.05, 0.1) is 7.11 Å². The van der Waals surface area contributed by atoms with Crippen molar-refractivity contribution in [3.8, 4) is 11.1 Å². The molecule has 0 bridgehead atoms. The van der Waals surface area contributed by atoms with E-state index in [1.54, 1.807) is 24.3 Å². The van der Waals surface area contributed by atoms with Crippen molar-refractivity contribution < 1.29 is 23.9 Å². The highest BCUT2D eigenvalue weighted by atomic mass is 16.5. The molecule has 0 spiro atoms. The maximum atomic E-state index is 13.1. The highest BCUT2D eigenvalue weighted by Crippen LogP contribution is 2.32. The standard InChI is InChI=1S/C24H23N3O5/c1-14(24(31)32-4)25-22(29)15(2)27-13-12-20-19(6-5-7-21(20)23(27)30)17-8-10-18(11-9-17)26-16(3)28/h5-11H,1-2,12-13H2,3-4H3,(H,25,29)(H,26,28). The molecular weight excluding hydrogens is 410 g/mol. The molecule has 0 radical (unpaired) electrons. The van der Waals surface area contributed by atoms with Crippen LogP contribution in [0.2, 0.25) is 0 Å². The van der Waals surface area contributed by atoms with Crippen LogP contribution in [0.5, 0.6) is 0 Å². The first-order chi connectivity index (χ1) is 15.2. The fourth-order valence-electron chi connectivity index (χ4n) is 3.50. The van der Waals surface area contributed by atoms with Gasteiger partial charge >= 0.3 is 5.97 Å². The van der Waals surface area contributed by atoms with E-state index in [0.29, 0.717) is 17.7 Å². The molecule has 0 aliphatic carbocycles. The molecule has 1 aliphatic heterocycles. The monoisotopic (exact) mass is 433 g/mol. The van der Waals surface area contributed by atoms with Crippen LogP contribution in [0, 0.1) is 0 Å². The minimum absolute atomic E-state index is 0.0873. The Morgan fingerprint density at radius 1 is 1.03 bits per heavy atom. The summed E-state index contributed by atoms with van der Waals surface area (Å²) in [5, 5.41) is 5.02. The SMILES string of the molecule is C=C(NC(=O)C(=C)N1CCc2c(cccc2-c2ccc(NC(C)=O)cc2)C1=O)C(=O)OC. The molecule has 8 nitrogen and oxygen atoms in total. The van der Waals surface area contributed by atoms with E-state index in [4.69, 9.17) is 0 Å². The average Bonchev–Trinajstić information content (AvgIpc) is 2.78. The van der Waals surface area contributed by atoms with Gasteiger partial charge in [0.25, 0.3) is 11.8 Å². The number of ether oxygens (including phenoxy) is 1. The Bertz CT molecular complexity index is 1130. The lowest BCUT2D eigenvalue weighted by Gasteiger charge is -2.30. The average molecular weight is 433 g/mol. The Balaban J connectivity index is 1.82. The van der Waals surface area contributed by atoms with Crippen molar-refractivity contribution in [1.82, 2.24) is 10.2 Å². The van der Waals surface area contributed by atoms with Crippen LogP contribution in [0.1, 0.15) is 22.8 Å². The topological polar surface area (TPSA) is 105 Å². The van der Waals surface area contributed by atoms with Crippen molar-refractivity contribution >= 4 is 29.4 Å². The van der Waals surface area contributed by atoms with Gasteiger partial charge in [0, 0.05) is 24.7 Å². The fraction of sp³-hybridized carbons (Fsp3) is 0.167. The molecule has 1 heterocycles. The number of carbonyl (C=O) groups is 4. The summed E-state index contributed by atoms with van der Waals surface area (Å²) < 4.78 is 4.50.